The Hall–Kier alpha value is -1.35. The summed E-state index contributed by atoms with van der Waals surface area (Å²) in [6, 6.07) is -0.272. The third kappa shape index (κ3) is 5.42. The summed E-state index contributed by atoms with van der Waals surface area (Å²) in [5.74, 6) is -0.345. The van der Waals surface area contributed by atoms with Crippen molar-refractivity contribution in [1.29, 1.82) is 0 Å². The molecular weight excluding hydrogens is 394 g/mol. The molecule has 168 valence electrons. The summed E-state index contributed by atoms with van der Waals surface area (Å²) in [5.41, 5.74) is 0. The Morgan fingerprint density at radius 3 is 2.41 bits per heavy atom. The molecule has 0 unspecified atom stereocenters. The average Bonchev–Trinajstić information content (AvgIpc) is 2.92. The highest BCUT2D eigenvalue weighted by Gasteiger charge is 2.45. The molecule has 1 heterocycles. The molecule has 0 aromatic carbocycles. The maximum Gasteiger partial charge on any atom is 0.405 e. The predicted molar refractivity (Wildman–Crippen MR) is 113 cm³/mol. The van der Waals surface area contributed by atoms with Gasteiger partial charge in [-0.15, -0.1) is 0 Å². The standard InChI is InChI=1S/C20H37N3O5S/c1-13(2)22(6)15-7-8-17(14(11-15)12-29(27,28)20(3,4)5)23-10-9-16(18(23)24)21-19(25)26/h13-17,21H,7-12H2,1-6H3,(H,25,26)/t14-,15+,16-,17-/m0/s1. The topological polar surface area (TPSA) is 107 Å². The number of amides is 2. The van der Waals surface area contributed by atoms with Crippen molar-refractivity contribution in [2.75, 3.05) is 19.3 Å². The molecule has 0 radical (unpaired) electrons. The van der Waals surface area contributed by atoms with Crippen LogP contribution in [0.5, 0.6) is 0 Å². The number of carboxylic acid groups (broad SMARTS) is 1. The molecule has 2 aliphatic rings. The Labute approximate surface area is 174 Å². The number of rotatable bonds is 6. The highest BCUT2D eigenvalue weighted by Crippen LogP contribution is 2.36. The zero-order valence-electron chi connectivity index (χ0n) is 18.5. The molecule has 1 aliphatic heterocycles. The van der Waals surface area contributed by atoms with Gasteiger partial charge in [0.25, 0.3) is 0 Å². The second-order valence-corrected chi connectivity index (χ2v) is 12.6. The van der Waals surface area contributed by atoms with Gasteiger partial charge in [0, 0.05) is 24.7 Å². The van der Waals surface area contributed by atoms with Crippen molar-refractivity contribution < 1.29 is 23.1 Å². The van der Waals surface area contributed by atoms with Gasteiger partial charge in [-0.2, -0.15) is 0 Å². The van der Waals surface area contributed by atoms with E-state index in [0.717, 1.165) is 19.3 Å². The molecule has 0 aromatic heterocycles. The van der Waals surface area contributed by atoms with Crippen LogP contribution >= 0.6 is 0 Å². The first-order chi connectivity index (χ1) is 13.2. The number of carbonyl (C=O) groups excluding carboxylic acids is 1. The smallest absolute Gasteiger partial charge is 0.405 e. The van der Waals surface area contributed by atoms with Crippen molar-refractivity contribution in [3.05, 3.63) is 0 Å². The van der Waals surface area contributed by atoms with Gasteiger partial charge in [-0.05, 0) is 73.3 Å². The van der Waals surface area contributed by atoms with Gasteiger partial charge < -0.3 is 20.2 Å². The second-order valence-electron chi connectivity index (χ2n) is 9.77. The number of carbonyl (C=O) groups is 2. The highest BCUT2D eigenvalue weighted by atomic mass is 32.2. The zero-order chi connectivity index (χ0) is 22.1. The van der Waals surface area contributed by atoms with E-state index < -0.39 is 26.7 Å². The Balaban J connectivity index is 2.25. The number of nitrogens with one attached hydrogen (secondary N) is 1. The van der Waals surface area contributed by atoms with Crippen molar-refractivity contribution >= 4 is 21.8 Å². The molecule has 0 spiro atoms. The lowest BCUT2D eigenvalue weighted by Gasteiger charge is -2.45. The molecule has 9 heteroatoms. The summed E-state index contributed by atoms with van der Waals surface area (Å²) in [7, 11) is -1.28. The van der Waals surface area contributed by atoms with Crippen LogP contribution in [0.2, 0.25) is 0 Å². The van der Waals surface area contributed by atoms with E-state index >= 15 is 0 Å². The fourth-order valence-electron chi connectivity index (χ4n) is 4.45. The van der Waals surface area contributed by atoms with E-state index in [2.05, 4.69) is 31.1 Å². The molecule has 4 atom stereocenters. The number of sulfone groups is 1. The Bertz CT molecular complexity index is 716. The van der Waals surface area contributed by atoms with Crippen molar-refractivity contribution in [2.45, 2.75) is 89.2 Å². The first kappa shape index (κ1) is 23.9. The van der Waals surface area contributed by atoms with E-state index in [1.54, 1.807) is 25.7 Å². The van der Waals surface area contributed by atoms with Gasteiger partial charge in [-0.1, -0.05) is 0 Å². The van der Waals surface area contributed by atoms with Crippen LogP contribution < -0.4 is 5.32 Å². The summed E-state index contributed by atoms with van der Waals surface area (Å²) >= 11 is 0. The fourth-order valence-corrected chi connectivity index (χ4v) is 5.87. The molecule has 2 rings (SSSR count). The van der Waals surface area contributed by atoms with Crippen molar-refractivity contribution in [3.8, 4) is 0 Å². The molecule has 8 nitrogen and oxygen atoms in total. The van der Waals surface area contributed by atoms with E-state index in [0.29, 0.717) is 19.0 Å². The summed E-state index contributed by atoms with van der Waals surface area (Å²) in [6.07, 6.45) is 1.56. The number of nitrogens with zero attached hydrogens (tertiary/aromatic N) is 2. The lowest BCUT2D eigenvalue weighted by Crippen LogP contribution is -2.53. The first-order valence-electron chi connectivity index (χ1n) is 10.5. The minimum Gasteiger partial charge on any atom is -0.465 e. The van der Waals surface area contributed by atoms with Gasteiger partial charge in [0.2, 0.25) is 5.91 Å². The SMILES string of the molecule is CC(C)N(C)[C@@H]1CC[C@H](N2CC[C@H](NC(=O)O)C2=O)[C@H](CS(=O)(=O)C(C)(C)C)C1. The van der Waals surface area contributed by atoms with Crippen LogP contribution in [0.3, 0.4) is 0 Å². The molecular formula is C20H37N3O5S. The first-order valence-corrected chi connectivity index (χ1v) is 12.1. The molecule has 1 saturated carbocycles. The number of hydrogen-bond acceptors (Lipinski definition) is 5. The monoisotopic (exact) mass is 431 g/mol. The van der Waals surface area contributed by atoms with Crippen molar-refractivity contribution in [2.24, 2.45) is 5.92 Å². The number of likely N-dealkylation sites (tertiary alicyclic amines) is 1. The Kier molecular flexibility index (Phi) is 7.26. The quantitative estimate of drug-likeness (QED) is 0.666. The third-order valence-electron chi connectivity index (χ3n) is 6.61. The van der Waals surface area contributed by atoms with Gasteiger partial charge in [0.1, 0.15) is 6.04 Å². The van der Waals surface area contributed by atoms with Gasteiger partial charge in [-0.25, -0.2) is 13.2 Å². The predicted octanol–water partition coefficient (Wildman–Crippen LogP) is 1.95. The molecule has 2 fully saturated rings. The second kappa shape index (κ2) is 8.79. The van der Waals surface area contributed by atoms with Gasteiger partial charge >= 0.3 is 6.09 Å². The summed E-state index contributed by atoms with van der Waals surface area (Å²) in [6.45, 7) is 9.85. The lowest BCUT2D eigenvalue weighted by atomic mass is 9.81. The molecule has 1 aliphatic carbocycles. The zero-order valence-corrected chi connectivity index (χ0v) is 19.3. The summed E-state index contributed by atoms with van der Waals surface area (Å²) in [4.78, 5) is 27.8. The molecule has 0 bridgehead atoms. The molecule has 29 heavy (non-hydrogen) atoms. The van der Waals surface area contributed by atoms with Gasteiger partial charge in [-0.3, -0.25) is 4.79 Å². The Morgan fingerprint density at radius 1 is 1.28 bits per heavy atom. The minimum atomic E-state index is -3.35. The van der Waals surface area contributed by atoms with Gasteiger partial charge in [0.15, 0.2) is 9.84 Å². The van der Waals surface area contributed by atoms with Crippen LogP contribution in [0.4, 0.5) is 4.79 Å². The third-order valence-corrected chi connectivity index (χ3v) is 9.34. The molecule has 0 aromatic rings. The van der Waals surface area contributed by atoms with Crippen molar-refractivity contribution in [3.63, 3.8) is 0 Å². The van der Waals surface area contributed by atoms with E-state index in [9.17, 15) is 18.0 Å². The summed E-state index contributed by atoms with van der Waals surface area (Å²) in [5, 5.41) is 11.3. The van der Waals surface area contributed by atoms with E-state index in [1.165, 1.54) is 0 Å². The minimum absolute atomic E-state index is 0.0460. The average molecular weight is 432 g/mol. The van der Waals surface area contributed by atoms with E-state index in [-0.39, 0.29) is 29.7 Å². The highest BCUT2D eigenvalue weighted by molar-refractivity contribution is 7.92. The van der Waals surface area contributed by atoms with Crippen LogP contribution in [0.25, 0.3) is 0 Å². The van der Waals surface area contributed by atoms with E-state index in [1.807, 2.05) is 0 Å². The lowest BCUT2D eigenvalue weighted by molar-refractivity contribution is -0.133. The fraction of sp³-hybridized carbons (Fsp3) is 0.900. The molecule has 2 amide bonds. The van der Waals surface area contributed by atoms with Crippen LogP contribution in [-0.4, -0.2) is 83.6 Å². The largest absolute Gasteiger partial charge is 0.465 e. The Morgan fingerprint density at radius 2 is 1.90 bits per heavy atom. The van der Waals surface area contributed by atoms with Crippen LogP contribution in [0.15, 0.2) is 0 Å². The maximum absolute atomic E-state index is 13.0. The van der Waals surface area contributed by atoms with Crippen LogP contribution in [0.1, 0.15) is 60.3 Å². The van der Waals surface area contributed by atoms with Crippen LogP contribution in [-0.2, 0) is 14.6 Å². The molecule has 2 N–H and O–H groups in total. The van der Waals surface area contributed by atoms with Crippen molar-refractivity contribution in [1.82, 2.24) is 15.1 Å². The summed E-state index contributed by atoms with van der Waals surface area (Å²) < 4.78 is 25.1. The van der Waals surface area contributed by atoms with E-state index in [4.69, 9.17) is 5.11 Å². The van der Waals surface area contributed by atoms with Gasteiger partial charge in [0.05, 0.1) is 10.5 Å². The van der Waals surface area contributed by atoms with Crippen LogP contribution in [0, 0.1) is 5.92 Å². The maximum atomic E-state index is 13.0. The number of hydrogen-bond donors (Lipinski definition) is 2. The normalized spacial score (nSPS) is 29.0. The molecule has 1 saturated heterocycles.